The number of hydrogen-bond acceptors (Lipinski definition) is 2. The van der Waals surface area contributed by atoms with E-state index >= 15 is 0 Å². The Balaban J connectivity index is 2.59. The molecule has 0 amide bonds. The maximum atomic E-state index is 5.89. The second-order valence-corrected chi connectivity index (χ2v) is 3.99. The van der Waals surface area contributed by atoms with Crippen molar-refractivity contribution in [2.24, 2.45) is 0 Å². The molecule has 0 bridgehead atoms. The number of nitrogens with two attached hydrogens (primary N) is 1. The lowest BCUT2D eigenvalue weighted by molar-refractivity contribution is 0.865. The zero-order valence-electron chi connectivity index (χ0n) is 8.66. The van der Waals surface area contributed by atoms with E-state index in [4.69, 9.17) is 17.3 Å². The van der Waals surface area contributed by atoms with Gasteiger partial charge in [-0.2, -0.15) is 5.10 Å². The lowest BCUT2D eigenvalue weighted by Crippen LogP contribution is -2.03. The SMILES string of the molecule is Cc1cc(N)n(-c2ccc(Cl)cc2C)n1. The van der Waals surface area contributed by atoms with E-state index in [-0.39, 0.29) is 0 Å². The number of hydrogen-bond donors (Lipinski definition) is 1. The zero-order chi connectivity index (χ0) is 11.0. The average molecular weight is 222 g/mol. The molecule has 0 saturated carbocycles. The molecule has 0 atom stereocenters. The van der Waals surface area contributed by atoms with Gasteiger partial charge in [-0.25, -0.2) is 4.68 Å². The Labute approximate surface area is 93.5 Å². The Morgan fingerprint density at radius 1 is 1.27 bits per heavy atom. The van der Waals surface area contributed by atoms with Gasteiger partial charge in [-0.1, -0.05) is 11.6 Å². The van der Waals surface area contributed by atoms with Crippen LogP contribution >= 0.6 is 11.6 Å². The van der Waals surface area contributed by atoms with Gasteiger partial charge in [-0.05, 0) is 37.6 Å². The van der Waals surface area contributed by atoms with E-state index in [9.17, 15) is 0 Å². The molecule has 0 aliphatic rings. The average Bonchev–Trinajstić information content (AvgIpc) is 2.45. The van der Waals surface area contributed by atoms with E-state index < -0.39 is 0 Å². The van der Waals surface area contributed by atoms with Crippen molar-refractivity contribution in [2.75, 3.05) is 5.73 Å². The smallest absolute Gasteiger partial charge is 0.127 e. The number of nitrogens with zero attached hydrogens (tertiary/aromatic N) is 2. The monoisotopic (exact) mass is 221 g/mol. The first kappa shape index (κ1) is 10.1. The number of halogens is 1. The molecule has 0 unspecified atom stereocenters. The van der Waals surface area contributed by atoms with Crippen molar-refractivity contribution in [1.29, 1.82) is 0 Å². The van der Waals surface area contributed by atoms with Crippen LogP contribution in [0.1, 0.15) is 11.3 Å². The minimum atomic E-state index is 0.637. The number of benzene rings is 1. The van der Waals surface area contributed by atoms with Crippen LogP contribution in [0.5, 0.6) is 0 Å². The van der Waals surface area contributed by atoms with Crippen molar-refractivity contribution in [2.45, 2.75) is 13.8 Å². The van der Waals surface area contributed by atoms with Crippen molar-refractivity contribution in [3.63, 3.8) is 0 Å². The Morgan fingerprint density at radius 3 is 2.53 bits per heavy atom. The minimum absolute atomic E-state index is 0.637. The van der Waals surface area contributed by atoms with E-state index in [1.165, 1.54) is 0 Å². The quantitative estimate of drug-likeness (QED) is 0.805. The Hall–Kier alpha value is -1.48. The molecule has 78 valence electrons. The summed E-state index contributed by atoms with van der Waals surface area (Å²) in [5.74, 6) is 0.637. The lowest BCUT2D eigenvalue weighted by Gasteiger charge is -2.07. The third-order valence-electron chi connectivity index (χ3n) is 2.25. The standard InChI is InChI=1S/C11H12ClN3/c1-7-5-9(12)3-4-10(7)15-11(13)6-8(2)14-15/h3-6H,13H2,1-2H3. The lowest BCUT2D eigenvalue weighted by atomic mass is 10.2. The van der Waals surface area contributed by atoms with Gasteiger partial charge in [0.05, 0.1) is 11.4 Å². The maximum Gasteiger partial charge on any atom is 0.127 e. The minimum Gasteiger partial charge on any atom is -0.384 e. The van der Waals surface area contributed by atoms with Crippen molar-refractivity contribution < 1.29 is 0 Å². The van der Waals surface area contributed by atoms with Crippen molar-refractivity contribution in [1.82, 2.24) is 9.78 Å². The van der Waals surface area contributed by atoms with Crippen LogP contribution in [0.2, 0.25) is 5.02 Å². The molecule has 2 rings (SSSR count). The van der Waals surface area contributed by atoms with Gasteiger partial charge in [0.2, 0.25) is 0 Å². The van der Waals surface area contributed by atoms with Gasteiger partial charge in [0.1, 0.15) is 5.82 Å². The largest absolute Gasteiger partial charge is 0.384 e. The van der Waals surface area contributed by atoms with Crippen LogP contribution in [-0.2, 0) is 0 Å². The second kappa shape index (κ2) is 3.59. The molecule has 0 fully saturated rings. The first-order chi connectivity index (χ1) is 7.08. The summed E-state index contributed by atoms with van der Waals surface area (Å²) in [6, 6.07) is 7.49. The third kappa shape index (κ3) is 1.83. The van der Waals surface area contributed by atoms with Crippen LogP contribution in [0.3, 0.4) is 0 Å². The summed E-state index contributed by atoms with van der Waals surface area (Å²) in [6.07, 6.45) is 0. The van der Waals surface area contributed by atoms with E-state index in [1.807, 2.05) is 38.1 Å². The molecule has 1 heterocycles. The van der Waals surface area contributed by atoms with Crippen molar-refractivity contribution in [3.8, 4) is 5.69 Å². The number of anilines is 1. The highest BCUT2D eigenvalue weighted by molar-refractivity contribution is 6.30. The Kier molecular flexibility index (Phi) is 2.40. The highest BCUT2D eigenvalue weighted by Crippen LogP contribution is 2.21. The van der Waals surface area contributed by atoms with E-state index in [1.54, 1.807) is 4.68 Å². The number of nitrogen functional groups attached to an aromatic ring is 1. The highest BCUT2D eigenvalue weighted by atomic mass is 35.5. The molecule has 2 N–H and O–H groups in total. The van der Waals surface area contributed by atoms with Crippen LogP contribution in [0.15, 0.2) is 24.3 Å². The molecule has 0 aliphatic heterocycles. The summed E-state index contributed by atoms with van der Waals surface area (Å²) in [7, 11) is 0. The molecular formula is C11H12ClN3. The van der Waals surface area contributed by atoms with E-state index in [2.05, 4.69) is 5.10 Å². The molecule has 4 heteroatoms. The molecule has 0 radical (unpaired) electrons. The van der Waals surface area contributed by atoms with Crippen LogP contribution in [0.25, 0.3) is 5.69 Å². The summed E-state index contributed by atoms with van der Waals surface area (Å²) in [5.41, 5.74) is 8.77. The summed E-state index contributed by atoms with van der Waals surface area (Å²) in [6.45, 7) is 3.90. The second-order valence-electron chi connectivity index (χ2n) is 3.55. The molecule has 0 spiro atoms. The summed E-state index contributed by atoms with van der Waals surface area (Å²) >= 11 is 5.89. The maximum absolute atomic E-state index is 5.89. The summed E-state index contributed by atoms with van der Waals surface area (Å²) in [5, 5.41) is 5.04. The van der Waals surface area contributed by atoms with Gasteiger partial charge >= 0.3 is 0 Å². The van der Waals surface area contributed by atoms with Crippen molar-refractivity contribution >= 4 is 17.4 Å². The molecule has 2 aromatic rings. The van der Waals surface area contributed by atoms with E-state index in [0.29, 0.717) is 5.82 Å². The van der Waals surface area contributed by atoms with Gasteiger partial charge in [0.15, 0.2) is 0 Å². The van der Waals surface area contributed by atoms with Crippen LogP contribution < -0.4 is 5.73 Å². The summed E-state index contributed by atoms with van der Waals surface area (Å²) in [4.78, 5) is 0. The molecule has 1 aromatic heterocycles. The molecule has 1 aromatic carbocycles. The summed E-state index contributed by atoms with van der Waals surface area (Å²) < 4.78 is 1.72. The van der Waals surface area contributed by atoms with Gasteiger partial charge in [0, 0.05) is 11.1 Å². The highest BCUT2D eigenvalue weighted by Gasteiger charge is 2.06. The predicted molar refractivity (Wildman–Crippen MR) is 62.5 cm³/mol. The zero-order valence-corrected chi connectivity index (χ0v) is 9.42. The number of aryl methyl sites for hydroxylation is 2. The Morgan fingerprint density at radius 2 is 2.00 bits per heavy atom. The van der Waals surface area contributed by atoms with Gasteiger partial charge in [-0.3, -0.25) is 0 Å². The first-order valence-corrected chi connectivity index (χ1v) is 5.04. The van der Waals surface area contributed by atoms with Gasteiger partial charge in [0.25, 0.3) is 0 Å². The van der Waals surface area contributed by atoms with Gasteiger partial charge < -0.3 is 5.73 Å². The normalized spacial score (nSPS) is 10.6. The van der Waals surface area contributed by atoms with Crippen molar-refractivity contribution in [3.05, 3.63) is 40.5 Å². The topological polar surface area (TPSA) is 43.8 Å². The number of rotatable bonds is 1. The van der Waals surface area contributed by atoms with Crippen LogP contribution in [0, 0.1) is 13.8 Å². The van der Waals surface area contributed by atoms with Crippen LogP contribution in [-0.4, -0.2) is 9.78 Å². The third-order valence-corrected chi connectivity index (χ3v) is 2.48. The molecule has 0 saturated heterocycles. The van der Waals surface area contributed by atoms with Crippen LogP contribution in [0.4, 0.5) is 5.82 Å². The Bertz CT molecular complexity index is 503. The number of aromatic nitrogens is 2. The fourth-order valence-corrected chi connectivity index (χ4v) is 1.80. The van der Waals surface area contributed by atoms with Gasteiger partial charge in [-0.15, -0.1) is 0 Å². The molecule has 0 aliphatic carbocycles. The van der Waals surface area contributed by atoms with E-state index in [0.717, 1.165) is 22.0 Å². The first-order valence-electron chi connectivity index (χ1n) is 4.66. The predicted octanol–water partition coefficient (Wildman–Crippen LogP) is 2.72. The molecule has 3 nitrogen and oxygen atoms in total. The molecular weight excluding hydrogens is 210 g/mol. The fourth-order valence-electron chi connectivity index (χ4n) is 1.57. The molecule has 15 heavy (non-hydrogen) atoms. The fraction of sp³-hybridized carbons (Fsp3) is 0.182.